The van der Waals surface area contributed by atoms with Gasteiger partial charge in [0.05, 0.1) is 12.8 Å². The van der Waals surface area contributed by atoms with Crippen LogP contribution in [0.1, 0.15) is 24.6 Å². The van der Waals surface area contributed by atoms with Gasteiger partial charge in [-0.25, -0.2) is 0 Å². The number of H-pyrrole nitrogens is 1. The minimum absolute atomic E-state index is 0.0119. The van der Waals surface area contributed by atoms with Crippen molar-refractivity contribution >= 4 is 40.3 Å². The molecule has 2 aromatic rings. The number of nitrogens with zero attached hydrogens (tertiary/aromatic N) is 1. The number of aromatic amines is 1. The lowest BCUT2D eigenvalue weighted by atomic mass is 9.88. The van der Waals surface area contributed by atoms with Gasteiger partial charge < -0.3 is 14.4 Å². The van der Waals surface area contributed by atoms with Crippen LogP contribution in [0.3, 0.4) is 0 Å². The van der Waals surface area contributed by atoms with E-state index >= 15 is 0 Å². The summed E-state index contributed by atoms with van der Waals surface area (Å²) in [7, 11) is 3.92. The molecule has 29 heavy (non-hydrogen) atoms. The Morgan fingerprint density at radius 1 is 1.48 bits per heavy atom. The number of aromatic nitrogens is 2. The maximum atomic E-state index is 13.6. The van der Waals surface area contributed by atoms with Crippen LogP contribution < -0.4 is 10.1 Å². The zero-order valence-electron chi connectivity index (χ0n) is 14.7. The third-order valence-electron chi connectivity index (χ3n) is 4.43. The highest BCUT2D eigenvalue weighted by atomic mass is 35.5. The van der Waals surface area contributed by atoms with E-state index in [0.717, 1.165) is 11.8 Å². The van der Waals surface area contributed by atoms with Crippen LogP contribution in [0.15, 0.2) is 29.2 Å². The highest BCUT2D eigenvalue weighted by Crippen LogP contribution is 2.51. The van der Waals surface area contributed by atoms with Crippen molar-refractivity contribution in [1.29, 1.82) is 0 Å². The molecule has 8 nitrogen and oxygen atoms in total. The average Bonchev–Trinajstić information content (AvgIpc) is 3.15. The molecule has 0 saturated carbocycles. The number of hydrogen-bond acceptors (Lipinski definition) is 7. The van der Waals surface area contributed by atoms with Crippen molar-refractivity contribution in [2.45, 2.75) is 37.5 Å². The number of hydrogen-bond donors (Lipinski definition) is 2. The molecule has 2 radical (unpaired) electrons. The fourth-order valence-electron chi connectivity index (χ4n) is 3.01. The highest BCUT2D eigenvalue weighted by molar-refractivity contribution is 7.71. The molecule has 1 fully saturated rings. The van der Waals surface area contributed by atoms with Crippen LogP contribution in [0, 0.1) is 10.6 Å². The van der Waals surface area contributed by atoms with Gasteiger partial charge in [-0.1, -0.05) is 11.6 Å². The van der Waals surface area contributed by atoms with Crippen LogP contribution in [0.5, 0.6) is 5.75 Å². The molecule has 152 valence electrons. The summed E-state index contributed by atoms with van der Waals surface area (Å²) in [5.74, 6) is -0.487. The van der Waals surface area contributed by atoms with Gasteiger partial charge in [0.25, 0.3) is 5.56 Å². The number of halogens is 2. The Labute approximate surface area is 176 Å². The SMILES string of the molecule is [B]C(O)(OP1OCc2cc(Cl)ccc2O1)C1CCC(n2cc(F)c(=O)[nH]c2=S)O1. The Morgan fingerprint density at radius 2 is 2.28 bits per heavy atom. The number of rotatable bonds is 4. The molecule has 2 aliphatic rings. The summed E-state index contributed by atoms with van der Waals surface area (Å²) in [5.41, 5.74) is -2.41. The second kappa shape index (κ2) is 8.07. The molecule has 0 amide bonds. The van der Waals surface area contributed by atoms with Crippen molar-refractivity contribution in [2.75, 3.05) is 0 Å². The number of fused-ring (bicyclic) bond motifs is 1. The first kappa shape index (κ1) is 20.9. The smallest absolute Gasteiger partial charge is 0.399 e. The van der Waals surface area contributed by atoms with Gasteiger partial charge in [-0.15, -0.1) is 0 Å². The van der Waals surface area contributed by atoms with E-state index < -0.39 is 38.0 Å². The topological polar surface area (TPSA) is 94.9 Å². The quantitative estimate of drug-likeness (QED) is 0.315. The van der Waals surface area contributed by atoms with Crippen LogP contribution in [0.4, 0.5) is 4.39 Å². The molecule has 4 rings (SSSR count). The van der Waals surface area contributed by atoms with Crippen molar-refractivity contribution in [3.63, 3.8) is 0 Å². The fourth-order valence-corrected chi connectivity index (χ4v) is 4.55. The van der Waals surface area contributed by atoms with E-state index in [2.05, 4.69) is 4.98 Å². The standard InChI is InChI=1S/C16H14BClFN2O6PS/c17-16(23,27-28-24-7-8-5-9(18)1-2-11(8)26-28)12-3-4-13(25-12)21-6-10(19)14(22)20-15(21)29/h1-2,5-6,12-13,23H,3-4,7H2,(H,20,22,29). The zero-order chi connectivity index (χ0) is 20.8. The molecule has 2 aliphatic heterocycles. The summed E-state index contributed by atoms with van der Waals surface area (Å²) in [4.78, 5) is 13.5. The lowest BCUT2D eigenvalue weighted by Crippen LogP contribution is -2.44. The van der Waals surface area contributed by atoms with Crippen LogP contribution in [0.2, 0.25) is 5.02 Å². The molecule has 4 unspecified atom stereocenters. The van der Waals surface area contributed by atoms with Crippen molar-refractivity contribution in [3.8, 4) is 5.75 Å². The minimum Gasteiger partial charge on any atom is -0.426 e. The van der Waals surface area contributed by atoms with Gasteiger partial charge in [-0.05, 0) is 43.3 Å². The van der Waals surface area contributed by atoms with Crippen LogP contribution in [-0.4, -0.2) is 34.3 Å². The second-order valence-corrected chi connectivity index (χ2v) is 8.38. The first-order valence-electron chi connectivity index (χ1n) is 8.49. The predicted molar refractivity (Wildman–Crippen MR) is 105 cm³/mol. The third-order valence-corrected chi connectivity index (χ3v) is 6.11. The average molecular weight is 459 g/mol. The second-order valence-electron chi connectivity index (χ2n) is 6.48. The Hall–Kier alpha value is -1.33. The summed E-state index contributed by atoms with van der Waals surface area (Å²) in [6.45, 7) is 0.178. The normalized spacial score (nSPS) is 25.8. The van der Waals surface area contributed by atoms with E-state index in [-0.39, 0.29) is 17.8 Å². The number of benzene rings is 1. The molecule has 1 aromatic carbocycles. The van der Waals surface area contributed by atoms with Crippen molar-refractivity contribution in [3.05, 3.63) is 55.9 Å². The van der Waals surface area contributed by atoms with Crippen molar-refractivity contribution in [1.82, 2.24) is 9.55 Å². The van der Waals surface area contributed by atoms with Gasteiger partial charge in [0.1, 0.15) is 18.1 Å². The molecule has 13 heteroatoms. The first-order valence-corrected chi connectivity index (χ1v) is 10.4. The van der Waals surface area contributed by atoms with E-state index in [1.165, 1.54) is 4.57 Å². The fraction of sp³-hybridized carbons (Fsp3) is 0.375. The summed E-state index contributed by atoms with van der Waals surface area (Å²) in [6.07, 6.45) is -0.111. The van der Waals surface area contributed by atoms with Gasteiger partial charge in [0.15, 0.2) is 18.3 Å². The Kier molecular flexibility index (Phi) is 5.82. The molecule has 1 aromatic heterocycles. The zero-order valence-corrected chi connectivity index (χ0v) is 17.2. The maximum absolute atomic E-state index is 13.6. The first-order chi connectivity index (χ1) is 13.7. The number of aliphatic hydroxyl groups is 1. The van der Waals surface area contributed by atoms with Gasteiger partial charge in [-0.2, -0.15) is 4.39 Å². The molecule has 0 aliphatic carbocycles. The van der Waals surface area contributed by atoms with E-state index in [0.29, 0.717) is 17.2 Å². The van der Waals surface area contributed by atoms with Gasteiger partial charge in [0.2, 0.25) is 5.82 Å². The van der Waals surface area contributed by atoms with Crippen molar-refractivity contribution < 1.29 is 27.8 Å². The molecule has 1 saturated heterocycles. The Morgan fingerprint density at radius 3 is 3.07 bits per heavy atom. The van der Waals surface area contributed by atoms with E-state index in [1.54, 1.807) is 18.2 Å². The number of ether oxygens (including phenoxy) is 1. The lowest BCUT2D eigenvalue weighted by molar-refractivity contribution is -0.172. The predicted octanol–water partition coefficient (Wildman–Crippen LogP) is 3.04. The van der Waals surface area contributed by atoms with Crippen LogP contribution in [-0.2, 0) is 20.4 Å². The monoisotopic (exact) mass is 458 g/mol. The van der Waals surface area contributed by atoms with E-state index in [9.17, 15) is 14.3 Å². The Bertz CT molecular complexity index is 1050. The molecule has 0 bridgehead atoms. The Balaban J connectivity index is 1.44. The molecule has 0 spiro atoms. The maximum Gasteiger partial charge on any atom is 0.399 e. The molecule has 4 atom stereocenters. The summed E-state index contributed by atoms with van der Waals surface area (Å²) >= 11 is 11.0. The molecule has 2 N–H and O–H groups in total. The summed E-state index contributed by atoms with van der Waals surface area (Å²) in [6, 6.07) is 5.03. The minimum atomic E-state index is -2.23. The molecular formula is C16H14BClFN2O6PS. The van der Waals surface area contributed by atoms with Gasteiger partial charge in [-0.3, -0.25) is 23.4 Å². The molecule has 3 heterocycles. The van der Waals surface area contributed by atoms with E-state index in [1.807, 2.05) is 0 Å². The van der Waals surface area contributed by atoms with Crippen molar-refractivity contribution in [2.24, 2.45) is 0 Å². The van der Waals surface area contributed by atoms with E-state index in [4.69, 9.17) is 50.0 Å². The summed E-state index contributed by atoms with van der Waals surface area (Å²) < 4.78 is 37.0. The highest BCUT2D eigenvalue weighted by Gasteiger charge is 2.43. The lowest BCUT2D eigenvalue weighted by Gasteiger charge is -2.34. The third kappa shape index (κ3) is 4.41. The largest absolute Gasteiger partial charge is 0.426 e. The van der Waals surface area contributed by atoms with Gasteiger partial charge >= 0.3 is 8.60 Å². The van der Waals surface area contributed by atoms with Gasteiger partial charge in [0, 0.05) is 10.6 Å². The van der Waals surface area contributed by atoms with Crippen LogP contribution in [0.25, 0.3) is 0 Å². The summed E-state index contributed by atoms with van der Waals surface area (Å²) in [5, 5.41) is 11.1. The van der Waals surface area contributed by atoms with Crippen LogP contribution >= 0.6 is 32.4 Å². The molecular weight excluding hydrogens is 444 g/mol. The number of nitrogens with one attached hydrogen (secondary N) is 1.